The summed E-state index contributed by atoms with van der Waals surface area (Å²) in [5.41, 5.74) is -0.0724. The molecule has 0 aliphatic heterocycles. The van der Waals surface area contributed by atoms with Crippen molar-refractivity contribution in [3.8, 4) is 0 Å². The van der Waals surface area contributed by atoms with Crippen LogP contribution < -0.4 is 11.2 Å². The SMILES string of the molecule is O=c1[nH]c(=O)n(CCCl)c2ccsc12. The lowest BCUT2D eigenvalue weighted by molar-refractivity contribution is 0.733. The van der Waals surface area contributed by atoms with Gasteiger partial charge in [0.05, 0.1) is 5.52 Å². The average molecular weight is 231 g/mol. The minimum Gasteiger partial charge on any atom is -0.291 e. The van der Waals surface area contributed by atoms with Crippen LogP contribution in [-0.4, -0.2) is 15.4 Å². The van der Waals surface area contributed by atoms with Gasteiger partial charge in [-0.2, -0.15) is 0 Å². The highest BCUT2D eigenvalue weighted by molar-refractivity contribution is 7.17. The maximum Gasteiger partial charge on any atom is 0.328 e. The minimum absolute atomic E-state index is 0.328. The van der Waals surface area contributed by atoms with Crippen molar-refractivity contribution in [2.75, 3.05) is 5.88 Å². The van der Waals surface area contributed by atoms with Crippen LogP contribution in [0.3, 0.4) is 0 Å². The van der Waals surface area contributed by atoms with Gasteiger partial charge in [-0.05, 0) is 11.4 Å². The predicted octanol–water partition coefficient (Wildman–Crippen LogP) is 0.990. The highest BCUT2D eigenvalue weighted by Gasteiger charge is 2.07. The standard InChI is InChI=1S/C8H7ClN2O2S/c9-2-3-11-5-1-4-14-6(5)7(12)10-8(11)13/h1,4H,2-3H2,(H,10,12,13). The molecule has 14 heavy (non-hydrogen) atoms. The van der Waals surface area contributed by atoms with Crippen LogP contribution in [0, 0.1) is 0 Å². The first-order valence-corrected chi connectivity index (χ1v) is 5.41. The van der Waals surface area contributed by atoms with Gasteiger partial charge in [-0.15, -0.1) is 22.9 Å². The van der Waals surface area contributed by atoms with Gasteiger partial charge in [-0.3, -0.25) is 14.3 Å². The number of nitrogens with one attached hydrogen (secondary N) is 1. The topological polar surface area (TPSA) is 54.9 Å². The van der Waals surface area contributed by atoms with Gasteiger partial charge >= 0.3 is 5.69 Å². The molecule has 6 heteroatoms. The van der Waals surface area contributed by atoms with Gasteiger partial charge in [-0.1, -0.05) is 0 Å². The van der Waals surface area contributed by atoms with Gasteiger partial charge in [0.25, 0.3) is 5.56 Å². The third-order valence-electron chi connectivity index (χ3n) is 1.92. The van der Waals surface area contributed by atoms with Crippen LogP contribution in [0.1, 0.15) is 0 Å². The molecule has 0 bridgehead atoms. The van der Waals surface area contributed by atoms with Crippen molar-refractivity contribution < 1.29 is 0 Å². The first-order chi connectivity index (χ1) is 6.74. The summed E-state index contributed by atoms with van der Waals surface area (Å²) >= 11 is 6.88. The number of aromatic nitrogens is 2. The fraction of sp³-hybridized carbons (Fsp3) is 0.250. The summed E-state index contributed by atoms with van der Waals surface area (Å²) in [6.07, 6.45) is 0. The molecule has 0 spiro atoms. The zero-order chi connectivity index (χ0) is 10.1. The van der Waals surface area contributed by atoms with Crippen LogP contribution in [0.4, 0.5) is 0 Å². The number of thiophene rings is 1. The summed E-state index contributed by atoms with van der Waals surface area (Å²) in [4.78, 5) is 25.0. The molecule has 0 aliphatic rings. The summed E-state index contributed by atoms with van der Waals surface area (Å²) in [6.45, 7) is 0.407. The van der Waals surface area contributed by atoms with Gasteiger partial charge in [0.15, 0.2) is 0 Å². The predicted molar refractivity (Wildman–Crippen MR) is 57.4 cm³/mol. The molecule has 2 aromatic heterocycles. The van der Waals surface area contributed by atoms with E-state index in [0.717, 1.165) is 0 Å². The molecule has 2 aromatic rings. The number of fused-ring (bicyclic) bond motifs is 1. The Bertz CT molecular complexity index is 568. The fourth-order valence-electron chi connectivity index (χ4n) is 1.32. The zero-order valence-corrected chi connectivity index (χ0v) is 8.69. The van der Waals surface area contributed by atoms with Crippen LogP contribution in [0.15, 0.2) is 21.0 Å². The lowest BCUT2D eigenvalue weighted by Gasteiger charge is -2.02. The number of hydrogen-bond acceptors (Lipinski definition) is 3. The molecule has 74 valence electrons. The van der Waals surface area contributed by atoms with Gasteiger partial charge in [0.2, 0.25) is 0 Å². The summed E-state index contributed by atoms with van der Waals surface area (Å²) < 4.78 is 2.04. The molecule has 0 unspecified atom stereocenters. The van der Waals surface area contributed by atoms with Gasteiger partial charge < -0.3 is 0 Å². The molecule has 0 amide bonds. The van der Waals surface area contributed by atoms with Crippen LogP contribution in [0.25, 0.3) is 10.2 Å². The van der Waals surface area contributed by atoms with Crippen molar-refractivity contribution in [1.82, 2.24) is 9.55 Å². The van der Waals surface area contributed by atoms with E-state index < -0.39 is 5.69 Å². The van der Waals surface area contributed by atoms with Crippen molar-refractivity contribution in [2.45, 2.75) is 6.54 Å². The third kappa shape index (κ3) is 1.38. The molecular weight excluding hydrogens is 224 g/mol. The smallest absolute Gasteiger partial charge is 0.291 e. The first-order valence-electron chi connectivity index (χ1n) is 4.00. The Hall–Kier alpha value is -1.07. The second-order valence-corrected chi connectivity index (χ2v) is 4.03. The lowest BCUT2D eigenvalue weighted by atomic mass is 10.4. The molecule has 4 nitrogen and oxygen atoms in total. The number of halogens is 1. The maximum absolute atomic E-state index is 11.4. The van der Waals surface area contributed by atoms with E-state index in [4.69, 9.17) is 11.6 Å². The number of alkyl halides is 1. The van der Waals surface area contributed by atoms with E-state index in [-0.39, 0.29) is 5.56 Å². The van der Waals surface area contributed by atoms with Crippen LogP contribution in [0.2, 0.25) is 0 Å². The average Bonchev–Trinajstić information content (AvgIpc) is 2.60. The molecule has 0 fully saturated rings. The van der Waals surface area contributed by atoms with E-state index in [1.54, 1.807) is 11.4 Å². The quantitative estimate of drug-likeness (QED) is 0.783. The van der Waals surface area contributed by atoms with E-state index in [1.807, 2.05) is 0 Å². The Kier molecular flexibility index (Phi) is 2.43. The summed E-state index contributed by atoms with van der Waals surface area (Å²) in [5, 5.41) is 1.78. The molecule has 1 N–H and O–H groups in total. The van der Waals surface area contributed by atoms with Crippen molar-refractivity contribution in [3.05, 3.63) is 32.3 Å². The lowest BCUT2D eigenvalue weighted by Crippen LogP contribution is -2.29. The number of aryl methyl sites for hydroxylation is 1. The molecule has 2 rings (SSSR count). The summed E-state index contributed by atoms with van der Waals surface area (Å²) in [5.74, 6) is 0.344. The van der Waals surface area contributed by atoms with Gasteiger partial charge in [0.1, 0.15) is 4.70 Å². The molecule has 0 aromatic carbocycles. The third-order valence-corrected chi connectivity index (χ3v) is 2.99. The fourth-order valence-corrected chi connectivity index (χ4v) is 2.28. The number of aromatic amines is 1. The molecule has 2 heterocycles. The molecule has 0 atom stereocenters. The number of nitrogens with zero attached hydrogens (tertiary/aromatic N) is 1. The first kappa shape index (κ1) is 9.48. The molecule has 0 saturated carbocycles. The van der Waals surface area contributed by atoms with Gasteiger partial charge in [-0.25, -0.2) is 4.79 Å². The van der Waals surface area contributed by atoms with E-state index >= 15 is 0 Å². The Morgan fingerprint density at radius 3 is 3.00 bits per heavy atom. The molecule has 0 saturated heterocycles. The largest absolute Gasteiger partial charge is 0.328 e. The van der Waals surface area contributed by atoms with E-state index in [9.17, 15) is 9.59 Å². The van der Waals surface area contributed by atoms with Crippen LogP contribution >= 0.6 is 22.9 Å². The van der Waals surface area contributed by atoms with Crippen molar-refractivity contribution in [1.29, 1.82) is 0 Å². The zero-order valence-electron chi connectivity index (χ0n) is 7.12. The van der Waals surface area contributed by atoms with Crippen molar-refractivity contribution in [2.24, 2.45) is 0 Å². The second-order valence-electron chi connectivity index (χ2n) is 2.73. The number of H-pyrrole nitrogens is 1. The maximum atomic E-state index is 11.4. The van der Waals surface area contributed by atoms with E-state index in [1.165, 1.54) is 15.9 Å². The van der Waals surface area contributed by atoms with Crippen LogP contribution in [0.5, 0.6) is 0 Å². The van der Waals surface area contributed by atoms with E-state index in [2.05, 4.69) is 4.98 Å². The van der Waals surface area contributed by atoms with Crippen LogP contribution in [-0.2, 0) is 6.54 Å². The summed E-state index contributed by atoms with van der Waals surface area (Å²) in [6, 6.07) is 1.75. The van der Waals surface area contributed by atoms with E-state index in [0.29, 0.717) is 22.6 Å². The van der Waals surface area contributed by atoms with Crippen molar-refractivity contribution >= 4 is 33.2 Å². The Labute approximate surface area is 87.8 Å². The normalized spacial score (nSPS) is 10.9. The molecule has 0 aliphatic carbocycles. The minimum atomic E-state index is -0.401. The summed E-state index contributed by atoms with van der Waals surface area (Å²) in [7, 11) is 0. The monoisotopic (exact) mass is 230 g/mol. The molecule has 0 radical (unpaired) electrons. The Morgan fingerprint density at radius 1 is 1.50 bits per heavy atom. The molecular formula is C8H7ClN2O2S. The highest BCUT2D eigenvalue weighted by atomic mass is 35.5. The van der Waals surface area contributed by atoms with Crippen molar-refractivity contribution in [3.63, 3.8) is 0 Å². The number of hydrogen-bond donors (Lipinski definition) is 1. The highest BCUT2D eigenvalue weighted by Crippen LogP contribution is 2.14. The van der Waals surface area contributed by atoms with Gasteiger partial charge in [0, 0.05) is 12.4 Å². The Morgan fingerprint density at radius 2 is 2.29 bits per heavy atom. The number of rotatable bonds is 2. The Balaban J connectivity index is 2.86. The second kappa shape index (κ2) is 3.59.